The topological polar surface area (TPSA) is 87.9 Å². The Morgan fingerprint density at radius 2 is 1.77 bits per heavy atom. The summed E-state index contributed by atoms with van der Waals surface area (Å²) in [5.74, 6) is -0.607. The van der Waals surface area contributed by atoms with Crippen LogP contribution < -0.4 is 10.1 Å². The number of aliphatic hydroxyl groups is 1. The number of anilines is 1. The van der Waals surface area contributed by atoms with Gasteiger partial charge in [-0.2, -0.15) is 5.10 Å². The van der Waals surface area contributed by atoms with Gasteiger partial charge < -0.3 is 19.9 Å². The van der Waals surface area contributed by atoms with E-state index in [9.17, 15) is 13.9 Å². The second kappa shape index (κ2) is 12.8. The normalized spacial score (nSPS) is 19.1. The van der Waals surface area contributed by atoms with Crippen molar-refractivity contribution in [2.45, 2.75) is 31.0 Å². The van der Waals surface area contributed by atoms with Crippen molar-refractivity contribution in [3.8, 4) is 5.75 Å². The number of β-amino-alcohol motifs (C(OH)–C–C–N with tert-alkyl or cyclic N) is 1. The van der Waals surface area contributed by atoms with Crippen molar-refractivity contribution in [3.63, 3.8) is 0 Å². The molecular weight excluding hydrogens is 506 g/mol. The van der Waals surface area contributed by atoms with Gasteiger partial charge >= 0.3 is 0 Å². The van der Waals surface area contributed by atoms with Gasteiger partial charge in [0.05, 0.1) is 19.8 Å². The minimum absolute atomic E-state index is 0.00853. The summed E-state index contributed by atoms with van der Waals surface area (Å²) in [7, 11) is 0. The van der Waals surface area contributed by atoms with Gasteiger partial charge in [-0.3, -0.25) is 9.80 Å². The van der Waals surface area contributed by atoms with Gasteiger partial charge in [0.25, 0.3) is 0 Å². The highest BCUT2D eigenvalue weighted by Gasteiger charge is 2.36. The fraction of sp³-hybridized carbons (Fsp3) is 0.500. The largest absolute Gasteiger partial charge is 0.492 e. The van der Waals surface area contributed by atoms with E-state index >= 15 is 0 Å². The molecule has 0 aliphatic carbocycles. The first-order valence-corrected chi connectivity index (χ1v) is 13.5. The molecule has 1 atom stereocenters. The summed E-state index contributed by atoms with van der Waals surface area (Å²) < 4.78 is 41.0. The van der Waals surface area contributed by atoms with E-state index in [0.29, 0.717) is 6.61 Å². The fourth-order valence-electron chi connectivity index (χ4n) is 5.28. The molecule has 0 amide bonds. The lowest BCUT2D eigenvalue weighted by molar-refractivity contribution is -0.0260. The van der Waals surface area contributed by atoms with Crippen molar-refractivity contribution in [2.24, 2.45) is 0 Å². The first kappa shape index (κ1) is 27.4. The Hall–Kier alpha value is -3.12. The quantitative estimate of drug-likeness (QED) is 0.383. The average molecular weight is 543 g/mol. The Morgan fingerprint density at radius 1 is 1.00 bits per heavy atom. The highest BCUT2D eigenvalue weighted by molar-refractivity contribution is 5.47. The van der Waals surface area contributed by atoms with Crippen molar-refractivity contribution in [2.75, 3.05) is 64.4 Å². The number of halogens is 2. The molecule has 210 valence electrons. The van der Waals surface area contributed by atoms with Crippen LogP contribution in [0.2, 0.25) is 0 Å². The number of ether oxygens (including phenoxy) is 2. The average Bonchev–Trinajstić information content (AvgIpc) is 3.44. The number of hydrogen-bond acceptors (Lipinski definition) is 8. The Labute approximate surface area is 227 Å². The molecule has 9 nitrogen and oxygen atoms in total. The lowest BCUT2D eigenvalue weighted by Crippen LogP contribution is -2.48. The Morgan fingerprint density at radius 3 is 2.46 bits per heavy atom. The van der Waals surface area contributed by atoms with E-state index in [0.717, 1.165) is 76.3 Å². The summed E-state index contributed by atoms with van der Waals surface area (Å²) in [6.07, 6.45) is 4.57. The molecule has 1 aromatic heterocycles. The van der Waals surface area contributed by atoms with Crippen LogP contribution in [0.25, 0.3) is 0 Å². The van der Waals surface area contributed by atoms with Crippen LogP contribution in [0.15, 0.2) is 55.1 Å². The molecule has 0 saturated carbocycles. The first-order chi connectivity index (χ1) is 19.0. The van der Waals surface area contributed by atoms with Crippen molar-refractivity contribution in [1.29, 1.82) is 0 Å². The molecule has 5 rings (SSSR count). The molecule has 2 fully saturated rings. The molecule has 2 saturated heterocycles. The summed E-state index contributed by atoms with van der Waals surface area (Å²) in [5, 5.41) is 19.3. The van der Waals surface area contributed by atoms with Gasteiger partial charge in [0, 0.05) is 62.6 Å². The van der Waals surface area contributed by atoms with Gasteiger partial charge in [-0.05, 0) is 43.2 Å². The predicted octanol–water partition coefficient (Wildman–Crippen LogP) is 2.73. The van der Waals surface area contributed by atoms with E-state index in [2.05, 4.69) is 25.2 Å². The zero-order valence-electron chi connectivity index (χ0n) is 22.0. The van der Waals surface area contributed by atoms with E-state index in [4.69, 9.17) is 9.47 Å². The van der Waals surface area contributed by atoms with Crippen LogP contribution in [0.5, 0.6) is 5.75 Å². The maximum absolute atomic E-state index is 14.7. The van der Waals surface area contributed by atoms with Crippen LogP contribution in [-0.4, -0.2) is 94.8 Å². The standard InChI is InChI=1S/C28H36F2N6O3/c29-22-1-6-26(27(30)17-22)28(37,19-36-21-31-20-32-36)18-35-9-7-24(8-10-35)33-23-2-4-25(5-3-23)39-16-13-34-11-14-38-15-12-34/h1-6,17,20-21,24,33,37H,7-16,18-19H2. The second-order valence-electron chi connectivity index (χ2n) is 10.3. The molecule has 3 heterocycles. The number of benzene rings is 2. The third kappa shape index (κ3) is 7.51. The monoisotopic (exact) mass is 542 g/mol. The van der Waals surface area contributed by atoms with E-state index in [-0.39, 0.29) is 24.7 Å². The highest BCUT2D eigenvalue weighted by Crippen LogP contribution is 2.29. The van der Waals surface area contributed by atoms with E-state index in [1.807, 2.05) is 24.3 Å². The highest BCUT2D eigenvalue weighted by atomic mass is 19.1. The number of aromatic nitrogens is 3. The summed E-state index contributed by atoms with van der Waals surface area (Å²) in [4.78, 5) is 8.38. The zero-order valence-corrected chi connectivity index (χ0v) is 22.0. The Bertz CT molecular complexity index is 1170. The van der Waals surface area contributed by atoms with Crippen LogP contribution in [0.4, 0.5) is 14.5 Å². The van der Waals surface area contributed by atoms with Gasteiger partial charge in [0.1, 0.15) is 42.2 Å². The molecule has 0 bridgehead atoms. The molecule has 11 heteroatoms. The van der Waals surface area contributed by atoms with Crippen molar-refractivity contribution in [3.05, 3.63) is 72.3 Å². The van der Waals surface area contributed by atoms with Crippen LogP contribution in [-0.2, 0) is 16.9 Å². The van der Waals surface area contributed by atoms with Crippen LogP contribution in [0.3, 0.4) is 0 Å². The summed E-state index contributed by atoms with van der Waals surface area (Å²) in [6.45, 7) is 6.68. The molecular formula is C28H36F2N6O3. The van der Waals surface area contributed by atoms with Gasteiger partial charge in [0.15, 0.2) is 0 Å². The van der Waals surface area contributed by atoms with E-state index in [1.165, 1.54) is 29.5 Å². The van der Waals surface area contributed by atoms with Crippen LogP contribution in [0.1, 0.15) is 18.4 Å². The Balaban J connectivity index is 1.12. The smallest absolute Gasteiger partial charge is 0.137 e. The Kier molecular flexibility index (Phi) is 9.02. The van der Waals surface area contributed by atoms with Gasteiger partial charge in [-0.25, -0.2) is 18.4 Å². The SMILES string of the molecule is OC(CN1CCC(Nc2ccc(OCCN3CCOCC3)cc2)CC1)(Cn1cncn1)c1ccc(F)cc1F. The summed E-state index contributed by atoms with van der Waals surface area (Å²) in [5.41, 5.74) is -0.513. The third-order valence-corrected chi connectivity index (χ3v) is 7.40. The number of piperidine rings is 1. The molecule has 0 radical (unpaired) electrons. The number of morpholine rings is 1. The molecule has 2 aromatic carbocycles. The van der Waals surface area contributed by atoms with Gasteiger partial charge in [-0.1, -0.05) is 6.07 Å². The third-order valence-electron chi connectivity index (χ3n) is 7.40. The molecule has 3 aromatic rings. The van der Waals surface area contributed by atoms with Crippen molar-refractivity contribution < 1.29 is 23.4 Å². The minimum atomic E-state index is -1.59. The van der Waals surface area contributed by atoms with Crippen molar-refractivity contribution >= 4 is 5.69 Å². The van der Waals surface area contributed by atoms with Gasteiger partial charge in [-0.15, -0.1) is 0 Å². The molecule has 2 aliphatic rings. The number of likely N-dealkylation sites (tertiary alicyclic amines) is 1. The van der Waals surface area contributed by atoms with Gasteiger partial charge in [0.2, 0.25) is 0 Å². The predicted molar refractivity (Wildman–Crippen MR) is 143 cm³/mol. The number of nitrogens with zero attached hydrogens (tertiary/aromatic N) is 5. The maximum Gasteiger partial charge on any atom is 0.137 e. The maximum atomic E-state index is 14.7. The summed E-state index contributed by atoms with van der Waals surface area (Å²) in [6, 6.07) is 11.6. The van der Waals surface area contributed by atoms with Crippen LogP contribution >= 0.6 is 0 Å². The fourth-order valence-corrected chi connectivity index (χ4v) is 5.28. The number of rotatable bonds is 11. The molecule has 1 unspecified atom stereocenters. The van der Waals surface area contributed by atoms with E-state index < -0.39 is 17.2 Å². The summed E-state index contributed by atoms with van der Waals surface area (Å²) >= 11 is 0. The number of hydrogen-bond donors (Lipinski definition) is 2. The molecule has 2 aliphatic heterocycles. The van der Waals surface area contributed by atoms with E-state index in [1.54, 1.807) is 0 Å². The first-order valence-electron chi connectivity index (χ1n) is 13.5. The second-order valence-corrected chi connectivity index (χ2v) is 10.3. The molecule has 39 heavy (non-hydrogen) atoms. The molecule has 0 spiro atoms. The minimum Gasteiger partial charge on any atom is -0.492 e. The lowest BCUT2D eigenvalue weighted by Gasteiger charge is -2.38. The van der Waals surface area contributed by atoms with Crippen LogP contribution in [0, 0.1) is 11.6 Å². The number of nitrogens with one attached hydrogen (secondary N) is 1. The van der Waals surface area contributed by atoms with Crippen molar-refractivity contribution in [1.82, 2.24) is 24.6 Å². The zero-order chi connectivity index (χ0) is 27.1. The lowest BCUT2D eigenvalue weighted by atomic mass is 9.91. The molecule has 2 N–H and O–H groups in total.